The molecule has 2 aromatic rings. The maximum Gasteiger partial charge on any atom is 0.135 e. The largest absolute Gasteiger partial charge is 0.612 e. The van der Waals surface area contributed by atoms with E-state index in [1.807, 2.05) is 12.1 Å². The van der Waals surface area contributed by atoms with Crippen LogP contribution in [0.1, 0.15) is 11.1 Å². The van der Waals surface area contributed by atoms with Crippen LogP contribution in [0.4, 0.5) is 4.39 Å². The molecular formula is C15H12ClFOS. The van der Waals surface area contributed by atoms with Gasteiger partial charge >= 0.3 is 0 Å². The lowest BCUT2D eigenvalue weighted by Crippen LogP contribution is -1.99. The van der Waals surface area contributed by atoms with Crippen LogP contribution in [0, 0.1) is 5.82 Å². The van der Waals surface area contributed by atoms with Crippen LogP contribution in [-0.2, 0) is 16.9 Å². The highest BCUT2D eigenvalue weighted by Crippen LogP contribution is 2.13. The van der Waals surface area contributed by atoms with E-state index >= 15 is 0 Å². The maximum absolute atomic E-state index is 12.7. The average Bonchev–Trinajstić information content (AvgIpc) is 2.41. The van der Waals surface area contributed by atoms with Crippen molar-refractivity contribution in [1.82, 2.24) is 0 Å². The highest BCUT2D eigenvalue weighted by molar-refractivity contribution is 7.93. The molecule has 0 aliphatic carbocycles. The molecule has 0 aliphatic rings. The lowest BCUT2D eigenvalue weighted by Gasteiger charge is -2.05. The third-order valence-corrected chi connectivity index (χ3v) is 3.81. The maximum atomic E-state index is 12.7. The smallest absolute Gasteiger partial charge is 0.135 e. The lowest BCUT2D eigenvalue weighted by molar-refractivity contribution is 0.602. The zero-order valence-corrected chi connectivity index (χ0v) is 11.6. The van der Waals surface area contributed by atoms with E-state index in [2.05, 4.69) is 0 Å². The molecule has 1 unspecified atom stereocenters. The molecule has 0 radical (unpaired) electrons. The van der Waals surface area contributed by atoms with Gasteiger partial charge < -0.3 is 4.55 Å². The zero-order chi connectivity index (χ0) is 13.7. The average molecular weight is 295 g/mol. The van der Waals surface area contributed by atoms with Crippen LogP contribution in [0.2, 0.25) is 5.02 Å². The molecule has 2 aromatic carbocycles. The molecule has 1 nitrogen and oxygen atoms in total. The van der Waals surface area contributed by atoms with Crippen LogP contribution in [0.5, 0.6) is 0 Å². The quantitative estimate of drug-likeness (QED) is 0.767. The summed E-state index contributed by atoms with van der Waals surface area (Å²) < 4.78 is 24.6. The Morgan fingerprint density at radius 2 is 1.68 bits per heavy atom. The molecule has 0 fully saturated rings. The molecule has 19 heavy (non-hydrogen) atoms. The van der Waals surface area contributed by atoms with Gasteiger partial charge in [0.15, 0.2) is 0 Å². The van der Waals surface area contributed by atoms with Gasteiger partial charge in [-0.1, -0.05) is 35.9 Å². The van der Waals surface area contributed by atoms with Crippen molar-refractivity contribution in [2.75, 3.05) is 0 Å². The summed E-state index contributed by atoms with van der Waals surface area (Å²) >= 11 is 4.66. The first-order chi connectivity index (χ1) is 9.13. The van der Waals surface area contributed by atoms with Crippen LogP contribution < -0.4 is 0 Å². The highest BCUT2D eigenvalue weighted by atomic mass is 35.5. The molecule has 0 amide bonds. The molecule has 0 heterocycles. The SMILES string of the molecule is [O-][S+](/C=C\c1ccc(Cl)cc1)Cc1ccc(F)cc1. The van der Waals surface area contributed by atoms with Gasteiger partial charge in [-0.2, -0.15) is 0 Å². The molecule has 1 atom stereocenters. The van der Waals surface area contributed by atoms with E-state index < -0.39 is 11.2 Å². The molecule has 98 valence electrons. The van der Waals surface area contributed by atoms with Crippen LogP contribution in [0.3, 0.4) is 0 Å². The Hall–Kier alpha value is -1.29. The van der Waals surface area contributed by atoms with Crippen molar-refractivity contribution in [1.29, 1.82) is 0 Å². The summed E-state index contributed by atoms with van der Waals surface area (Å²) in [5, 5.41) is 2.30. The summed E-state index contributed by atoms with van der Waals surface area (Å²) in [4.78, 5) is 0. The van der Waals surface area contributed by atoms with Gasteiger partial charge in [-0.05, 0) is 47.1 Å². The summed E-state index contributed by atoms with van der Waals surface area (Å²) in [6, 6.07) is 13.3. The van der Waals surface area contributed by atoms with Gasteiger partial charge in [0.2, 0.25) is 0 Å². The van der Waals surface area contributed by atoms with Crippen LogP contribution in [-0.4, -0.2) is 4.55 Å². The predicted octanol–water partition coefficient (Wildman–Crippen LogP) is 4.40. The first-order valence-electron chi connectivity index (χ1n) is 5.69. The van der Waals surface area contributed by atoms with E-state index in [1.165, 1.54) is 12.1 Å². The fraction of sp³-hybridized carbons (Fsp3) is 0.0667. The van der Waals surface area contributed by atoms with E-state index in [0.717, 1.165) is 11.1 Å². The third kappa shape index (κ3) is 4.71. The van der Waals surface area contributed by atoms with Gasteiger partial charge in [-0.15, -0.1) is 0 Å². The fourth-order valence-corrected chi connectivity index (χ4v) is 2.57. The molecule has 0 saturated heterocycles. The molecule has 0 aromatic heterocycles. The Morgan fingerprint density at radius 3 is 2.32 bits per heavy atom. The minimum Gasteiger partial charge on any atom is -0.612 e. The Bertz CT molecular complexity index is 551. The highest BCUT2D eigenvalue weighted by Gasteiger charge is 2.04. The van der Waals surface area contributed by atoms with Gasteiger partial charge in [0.25, 0.3) is 0 Å². The van der Waals surface area contributed by atoms with Crippen molar-refractivity contribution < 1.29 is 8.94 Å². The minimum absolute atomic E-state index is 0.286. The molecule has 4 heteroatoms. The molecule has 0 aliphatic heterocycles. The minimum atomic E-state index is -1.12. The number of hydrogen-bond donors (Lipinski definition) is 0. The zero-order valence-electron chi connectivity index (χ0n) is 10.1. The topological polar surface area (TPSA) is 23.1 Å². The Kier molecular flexibility index (Phi) is 5.02. The summed E-state index contributed by atoms with van der Waals surface area (Å²) in [5.41, 5.74) is 1.79. The van der Waals surface area contributed by atoms with Crippen molar-refractivity contribution in [3.05, 3.63) is 75.9 Å². The van der Waals surface area contributed by atoms with Gasteiger partial charge in [-0.3, -0.25) is 0 Å². The number of hydrogen-bond acceptors (Lipinski definition) is 1. The van der Waals surface area contributed by atoms with Gasteiger partial charge in [0.05, 0.1) is 0 Å². The Labute approximate surface area is 119 Å². The van der Waals surface area contributed by atoms with E-state index in [-0.39, 0.29) is 5.82 Å². The number of benzene rings is 2. The fourth-order valence-electron chi connectivity index (χ4n) is 1.52. The molecule has 0 bridgehead atoms. The second-order valence-electron chi connectivity index (χ2n) is 4.01. The summed E-state index contributed by atoms with van der Waals surface area (Å²) in [7, 11) is 0. The van der Waals surface area contributed by atoms with Crippen molar-refractivity contribution in [3.8, 4) is 0 Å². The van der Waals surface area contributed by atoms with E-state index in [9.17, 15) is 8.94 Å². The summed E-state index contributed by atoms with van der Waals surface area (Å²) in [6.07, 6.45) is 1.79. The molecular weight excluding hydrogens is 283 g/mol. The summed E-state index contributed by atoms with van der Waals surface area (Å²) in [5.74, 6) is 0.0934. The standard InChI is InChI=1S/C15H12ClFOS/c16-14-5-1-12(2-6-14)9-10-19(18)11-13-3-7-15(17)8-4-13/h1-10H,11H2/b10-9-. The van der Waals surface area contributed by atoms with Crippen molar-refractivity contribution in [2.45, 2.75) is 5.75 Å². The van der Waals surface area contributed by atoms with E-state index in [1.54, 1.807) is 35.7 Å². The Balaban J connectivity index is 1.95. The second-order valence-corrected chi connectivity index (χ2v) is 5.76. The monoisotopic (exact) mass is 294 g/mol. The molecule has 0 spiro atoms. The van der Waals surface area contributed by atoms with E-state index in [4.69, 9.17) is 11.6 Å². The van der Waals surface area contributed by atoms with Crippen molar-refractivity contribution in [3.63, 3.8) is 0 Å². The molecule has 0 saturated carbocycles. The summed E-state index contributed by atoms with van der Waals surface area (Å²) in [6.45, 7) is 0. The van der Waals surface area contributed by atoms with Gasteiger partial charge in [0.1, 0.15) is 17.0 Å². The molecule has 2 rings (SSSR count). The first-order valence-corrected chi connectivity index (χ1v) is 7.45. The lowest BCUT2D eigenvalue weighted by atomic mass is 10.2. The number of halogens is 2. The van der Waals surface area contributed by atoms with Crippen LogP contribution >= 0.6 is 11.6 Å². The number of rotatable bonds is 4. The predicted molar refractivity (Wildman–Crippen MR) is 78.7 cm³/mol. The van der Waals surface area contributed by atoms with Crippen LogP contribution in [0.15, 0.2) is 53.9 Å². The Morgan fingerprint density at radius 1 is 1.05 bits per heavy atom. The van der Waals surface area contributed by atoms with Gasteiger partial charge in [-0.25, -0.2) is 4.39 Å². The molecule has 0 N–H and O–H groups in total. The van der Waals surface area contributed by atoms with Crippen molar-refractivity contribution >= 4 is 28.9 Å². The van der Waals surface area contributed by atoms with E-state index in [0.29, 0.717) is 10.8 Å². The second kappa shape index (κ2) is 6.75. The van der Waals surface area contributed by atoms with Crippen molar-refractivity contribution in [2.24, 2.45) is 0 Å². The third-order valence-electron chi connectivity index (χ3n) is 2.50. The van der Waals surface area contributed by atoms with Crippen LogP contribution in [0.25, 0.3) is 6.08 Å². The normalized spacial score (nSPS) is 12.8. The first kappa shape index (κ1) is 14.1. The van der Waals surface area contributed by atoms with Gasteiger partial charge in [0, 0.05) is 10.6 Å².